The molecule has 0 fully saturated rings. The molecule has 0 radical (unpaired) electrons. The zero-order valence-electron chi connectivity index (χ0n) is 19.4. The third-order valence-corrected chi connectivity index (χ3v) is 4.77. The average Bonchev–Trinajstić information content (AvgIpc) is 2.77. The summed E-state index contributed by atoms with van der Waals surface area (Å²) in [7, 11) is 1.45. The van der Waals surface area contributed by atoms with E-state index in [9.17, 15) is 22.8 Å². The molecule has 3 rings (SSSR count). The molecule has 0 bridgehead atoms. The summed E-state index contributed by atoms with van der Waals surface area (Å²) in [4.78, 5) is 27.6. The summed E-state index contributed by atoms with van der Waals surface area (Å²) in [6.45, 7) is 4.58. The van der Waals surface area contributed by atoms with Crippen molar-refractivity contribution in [3.8, 4) is 22.8 Å². The third kappa shape index (κ3) is 6.71. The summed E-state index contributed by atoms with van der Waals surface area (Å²) < 4.78 is 47.6. The van der Waals surface area contributed by atoms with Gasteiger partial charge in [0.25, 0.3) is 5.56 Å². The number of hydrogen-bond donors (Lipinski definition) is 3. The van der Waals surface area contributed by atoms with Crippen molar-refractivity contribution in [1.29, 1.82) is 0 Å². The zero-order chi connectivity index (χ0) is 25.8. The minimum Gasteiger partial charge on any atom is -0.494 e. The molecule has 186 valence electrons. The van der Waals surface area contributed by atoms with E-state index in [1.807, 2.05) is 26.8 Å². The molecule has 0 saturated carbocycles. The van der Waals surface area contributed by atoms with E-state index in [1.165, 1.54) is 25.4 Å². The van der Waals surface area contributed by atoms with Crippen LogP contribution in [0.2, 0.25) is 0 Å². The molecular formula is C23H24F3N5O4. The first-order chi connectivity index (χ1) is 16.4. The van der Waals surface area contributed by atoms with Gasteiger partial charge in [0.05, 0.1) is 12.8 Å². The molecule has 2 aromatic heterocycles. The fourth-order valence-electron chi connectivity index (χ4n) is 3.19. The third-order valence-electron chi connectivity index (χ3n) is 4.77. The Balaban J connectivity index is 1.87. The second kappa shape index (κ2) is 10.0. The van der Waals surface area contributed by atoms with Gasteiger partial charge in [-0.15, -0.1) is 10.2 Å². The van der Waals surface area contributed by atoms with Crippen molar-refractivity contribution in [2.45, 2.75) is 32.4 Å². The monoisotopic (exact) mass is 491 g/mol. The highest BCUT2D eigenvalue weighted by Gasteiger charge is 2.27. The lowest BCUT2D eigenvalue weighted by molar-refractivity contribution is -0.115. The Labute approximate surface area is 198 Å². The first-order valence-corrected chi connectivity index (χ1v) is 10.4. The van der Waals surface area contributed by atoms with E-state index in [2.05, 4.69) is 25.8 Å². The summed E-state index contributed by atoms with van der Waals surface area (Å²) in [5.41, 5.74) is 1.21. The standard InChI is InChI=1S/C23H24F3N5O4/c1-22(2,3)15-10-13(14-6-5-9-27-20(14)32)11-16(19(15)34-4)29-21(33)35-18-8-7-17(30-31-18)28-12-23(24,25)26/h5-11H,12H2,1-4H3,(H,27,32)(H,28,30)(H,29,33). The van der Waals surface area contributed by atoms with Crippen LogP contribution in [0.5, 0.6) is 11.6 Å². The molecule has 0 unspecified atom stereocenters. The summed E-state index contributed by atoms with van der Waals surface area (Å²) in [5.74, 6) is 0.0152. The molecule has 0 spiro atoms. The van der Waals surface area contributed by atoms with E-state index < -0.39 is 24.2 Å². The molecule has 1 aromatic carbocycles. The second-order valence-corrected chi connectivity index (χ2v) is 8.51. The van der Waals surface area contributed by atoms with Gasteiger partial charge in [0.1, 0.15) is 18.1 Å². The van der Waals surface area contributed by atoms with Crippen molar-refractivity contribution in [1.82, 2.24) is 15.2 Å². The first-order valence-electron chi connectivity index (χ1n) is 10.4. The number of carbonyl (C=O) groups is 1. The van der Waals surface area contributed by atoms with Crippen molar-refractivity contribution in [2.75, 3.05) is 24.3 Å². The van der Waals surface area contributed by atoms with Crippen molar-refractivity contribution < 1.29 is 27.4 Å². The molecule has 0 aliphatic heterocycles. The molecule has 35 heavy (non-hydrogen) atoms. The van der Waals surface area contributed by atoms with Gasteiger partial charge < -0.3 is 19.8 Å². The van der Waals surface area contributed by atoms with E-state index in [1.54, 1.807) is 18.2 Å². The number of aromatic nitrogens is 3. The number of anilines is 2. The van der Waals surface area contributed by atoms with Crippen LogP contribution in [0.15, 0.2) is 47.4 Å². The fourth-order valence-corrected chi connectivity index (χ4v) is 3.19. The number of halogens is 3. The van der Waals surface area contributed by atoms with Gasteiger partial charge in [0.2, 0.25) is 5.88 Å². The highest BCUT2D eigenvalue weighted by atomic mass is 19.4. The largest absolute Gasteiger partial charge is 0.494 e. The van der Waals surface area contributed by atoms with Crippen LogP contribution in [-0.4, -0.2) is 41.1 Å². The quantitative estimate of drug-likeness (QED) is 0.457. The number of amides is 1. The van der Waals surface area contributed by atoms with Crippen LogP contribution in [0.3, 0.4) is 0 Å². The lowest BCUT2D eigenvalue weighted by Gasteiger charge is -2.25. The maximum Gasteiger partial charge on any atom is 0.418 e. The zero-order valence-corrected chi connectivity index (χ0v) is 19.4. The van der Waals surface area contributed by atoms with Gasteiger partial charge in [-0.2, -0.15) is 13.2 Å². The van der Waals surface area contributed by atoms with Gasteiger partial charge in [-0.3, -0.25) is 10.1 Å². The van der Waals surface area contributed by atoms with Crippen LogP contribution in [0, 0.1) is 0 Å². The topological polar surface area (TPSA) is 118 Å². The van der Waals surface area contributed by atoms with Gasteiger partial charge in [-0.05, 0) is 41.3 Å². The van der Waals surface area contributed by atoms with Gasteiger partial charge in [0.15, 0.2) is 0 Å². The molecule has 2 heterocycles. The van der Waals surface area contributed by atoms with Crippen LogP contribution < -0.4 is 25.7 Å². The number of alkyl halides is 3. The molecule has 1 amide bonds. The Hall–Kier alpha value is -4.09. The van der Waals surface area contributed by atoms with Crippen molar-refractivity contribution in [3.63, 3.8) is 0 Å². The van der Waals surface area contributed by atoms with Crippen LogP contribution >= 0.6 is 0 Å². The molecular weight excluding hydrogens is 467 g/mol. The Morgan fingerprint density at radius 1 is 1.11 bits per heavy atom. The second-order valence-electron chi connectivity index (χ2n) is 8.51. The first kappa shape index (κ1) is 25.5. The predicted molar refractivity (Wildman–Crippen MR) is 124 cm³/mol. The molecule has 3 aromatic rings. The van der Waals surface area contributed by atoms with E-state index in [-0.39, 0.29) is 22.9 Å². The van der Waals surface area contributed by atoms with E-state index >= 15 is 0 Å². The molecule has 0 saturated heterocycles. The highest BCUT2D eigenvalue weighted by Crippen LogP contribution is 2.40. The minimum absolute atomic E-state index is 0.132. The number of ether oxygens (including phenoxy) is 2. The predicted octanol–water partition coefficient (Wildman–Crippen LogP) is 4.72. The smallest absolute Gasteiger partial charge is 0.418 e. The number of nitrogens with one attached hydrogen (secondary N) is 3. The lowest BCUT2D eigenvalue weighted by atomic mass is 9.84. The van der Waals surface area contributed by atoms with Crippen LogP contribution in [0.1, 0.15) is 26.3 Å². The number of carbonyl (C=O) groups excluding carboxylic acids is 1. The number of rotatable bonds is 6. The summed E-state index contributed by atoms with van der Waals surface area (Å²) in [5, 5.41) is 11.8. The lowest BCUT2D eigenvalue weighted by Crippen LogP contribution is -2.22. The number of hydrogen-bond acceptors (Lipinski definition) is 7. The molecule has 12 heteroatoms. The van der Waals surface area contributed by atoms with Crippen LogP contribution in [0.4, 0.5) is 29.5 Å². The Bertz CT molecular complexity index is 1250. The molecule has 3 N–H and O–H groups in total. The van der Waals surface area contributed by atoms with Crippen LogP contribution in [-0.2, 0) is 5.41 Å². The Kier molecular flexibility index (Phi) is 7.32. The molecule has 9 nitrogen and oxygen atoms in total. The maximum atomic E-state index is 12.6. The number of pyridine rings is 1. The average molecular weight is 491 g/mol. The Morgan fingerprint density at radius 3 is 2.43 bits per heavy atom. The van der Waals surface area contributed by atoms with E-state index in [0.29, 0.717) is 16.9 Å². The van der Waals surface area contributed by atoms with E-state index in [0.717, 1.165) is 5.56 Å². The summed E-state index contributed by atoms with van der Waals surface area (Å²) in [6.07, 6.45) is -3.84. The Morgan fingerprint density at radius 2 is 1.86 bits per heavy atom. The van der Waals surface area contributed by atoms with Crippen LogP contribution in [0.25, 0.3) is 11.1 Å². The van der Waals surface area contributed by atoms with Crippen molar-refractivity contribution in [2.24, 2.45) is 0 Å². The summed E-state index contributed by atoms with van der Waals surface area (Å²) >= 11 is 0. The fraction of sp³-hybridized carbons (Fsp3) is 0.304. The van der Waals surface area contributed by atoms with Gasteiger partial charge in [-0.1, -0.05) is 20.8 Å². The molecule has 0 aliphatic carbocycles. The van der Waals surface area contributed by atoms with Gasteiger partial charge in [-0.25, -0.2) is 4.79 Å². The van der Waals surface area contributed by atoms with Gasteiger partial charge in [0, 0.05) is 23.4 Å². The number of H-pyrrole nitrogens is 1. The highest BCUT2D eigenvalue weighted by molar-refractivity contribution is 5.90. The molecule has 0 aliphatic rings. The van der Waals surface area contributed by atoms with Crippen molar-refractivity contribution >= 4 is 17.6 Å². The number of benzene rings is 1. The molecule has 0 atom stereocenters. The van der Waals surface area contributed by atoms with Gasteiger partial charge >= 0.3 is 12.3 Å². The summed E-state index contributed by atoms with van der Waals surface area (Å²) in [6, 6.07) is 9.13. The number of aromatic amines is 1. The van der Waals surface area contributed by atoms with E-state index in [4.69, 9.17) is 9.47 Å². The number of nitrogens with zero attached hydrogens (tertiary/aromatic N) is 2. The van der Waals surface area contributed by atoms with Crippen molar-refractivity contribution in [3.05, 3.63) is 58.5 Å². The SMILES string of the molecule is COc1c(NC(=O)Oc2ccc(NCC(F)(F)F)nn2)cc(-c2ccc[nH]c2=O)cc1C(C)(C)C. The minimum atomic E-state index is -4.42. The maximum absolute atomic E-state index is 12.6. The number of methoxy groups -OCH3 is 1. The normalized spacial score (nSPS) is 11.6.